The fourth-order valence-electron chi connectivity index (χ4n) is 3.62. The molecule has 1 aromatic rings. The van der Waals surface area contributed by atoms with Crippen LogP contribution in [0.3, 0.4) is 0 Å². The van der Waals surface area contributed by atoms with Crippen molar-refractivity contribution in [1.29, 1.82) is 0 Å². The molecule has 6 nitrogen and oxygen atoms in total. The van der Waals surface area contributed by atoms with E-state index in [4.69, 9.17) is 0 Å². The van der Waals surface area contributed by atoms with E-state index >= 15 is 0 Å². The van der Waals surface area contributed by atoms with Crippen LogP contribution in [0.5, 0.6) is 0 Å². The minimum Gasteiger partial charge on any atom is -0.342 e. The highest BCUT2D eigenvalue weighted by molar-refractivity contribution is 7.99. The van der Waals surface area contributed by atoms with Gasteiger partial charge in [0.2, 0.25) is 11.8 Å². The van der Waals surface area contributed by atoms with Crippen LogP contribution in [-0.4, -0.2) is 46.4 Å². The van der Waals surface area contributed by atoms with Crippen LogP contribution in [0.2, 0.25) is 0 Å². The summed E-state index contributed by atoms with van der Waals surface area (Å²) >= 11 is 1.42. The Morgan fingerprint density at radius 2 is 2.09 bits per heavy atom. The molecule has 0 aromatic carbocycles. The normalized spacial score (nSPS) is 22.4. The summed E-state index contributed by atoms with van der Waals surface area (Å²) in [5.74, 6) is 0.778. The smallest absolute Gasteiger partial charge is 0.274 e. The molecule has 3 rings (SSSR count). The third-order valence-electron chi connectivity index (χ3n) is 4.60. The summed E-state index contributed by atoms with van der Waals surface area (Å²) in [5.41, 5.74) is 1.18. The van der Waals surface area contributed by atoms with Crippen molar-refractivity contribution in [2.75, 3.05) is 30.4 Å². The molecule has 1 saturated heterocycles. The highest BCUT2D eigenvalue weighted by Gasteiger charge is 2.35. The molecule has 0 aliphatic carbocycles. The van der Waals surface area contributed by atoms with E-state index in [9.17, 15) is 14.4 Å². The zero-order valence-electron chi connectivity index (χ0n) is 13.4. The lowest BCUT2D eigenvalue weighted by Gasteiger charge is -2.42. The number of nitrogens with zero attached hydrogens (tertiary/aromatic N) is 2. The van der Waals surface area contributed by atoms with Crippen molar-refractivity contribution in [3.05, 3.63) is 28.2 Å². The summed E-state index contributed by atoms with van der Waals surface area (Å²) in [6.07, 6.45) is 2.86. The van der Waals surface area contributed by atoms with E-state index in [-0.39, 0.29) is 23.3 Å². The molecule has 2 bridgehead atoms. The number of carbonyl (C=O) groups is 2. The molecule has 124 valence electrons. The largest absolute Gasteiger partial charge is 0.342 e. The first kappa shape index (κ1) is 16.1. The number of amides is 2. The SMILES string of the molecule is CSCC(=O)Nc1ccc2n(c1=O)CC1CC2CN(C(C)=O)C1. The number of rotatable bonds is 3. The summed E-state index contributed by atoms with van der Waals surface area (Å²) in [5, 5.41) is 2.70. The van der Waals surface area contributed by atoms with E-state index in [2.05, 4.69) is 5.32 Å². The number of hydrogen-bond donors (Lipinski definition) is 1. The molecule has 0 saturated carbocycles. The molecule has 2 atom stereocenters. The third kappa shape index (κ3) is 3.15. The first-order valence-corrected chi connectivity index (χ1v) is 9.17. The highest BCUT2D eigenvalue weighted by atomic mass is 32.2. The maximum absolute atomic E-state index is 12.7. The van der Waals surface area contributed by atoms with Crippen LogP contribution in [0.4, 0.5) is 5.69 Å². The number of thioether (sulfide) groups is 1. The topological polar surface area (TPSA) is 71.4 Å². The second kappa shape index (κ2) is 6.39. The molecule has 0 radical (unpaired) electrons. The molecule has 1 fully saturated rings. The molecule has 1 N–H and O–H groups in total. The minimum atomic E-state index is -0.158. The van der Waals surface area contributed by atoms with E-state index in [0.29, 0.717) is 37.0 Å². The van der Waals surface area contributed by atoms with Crippen molar-refractivity contribution in [3.63, 3.8) is 0 Å². The Morgan fingerprint density at radius 1 is 1.30 bits per heavy atom. The second-order valence-corrected chi connectivity index (χ2v) is 7.16. The lowest BCUT2D eigenvalue weighted by atomic mass is 9.83. The maximum atomic E-state index is 12.7. The second-order valence-electron chi connectivity index (χ2n) is 6.29. The van der Waals surface area contributed by atoms with Crippen LogP contribution in [0.15, 0.2) is 16.9 Å². The highest BCUT2D eigenvalue weighted by Crippen LogP contribution is 2.35. The van der Waals surface area contributed by atoms with Crippen LogP contribution in [-0.2, 0) is 16.1 Å². The number of nitrogens with one attached hydrogen (secondary N) is 1. The summed E-state index contributed by atoms with van der Waals surface area (Å²) in [7, 11) is 0. The van der Waals surface area contributed by atoms with Crippen molar-refractivity contribution in [2.24, 2.45) is 5.92 Å². The van der Waals surface area contributed by atoms with Crippen molar-refractivity contribution in [3.8, 4) is 0 Å². The Balaban J connectivity index is 1.89. The van der Waals surface area contributed by atoms with Gasteiger partial charge in [0.1, 0.15) is 5.69 Å². The Labute approximate surface area is 139 Å². The van der Waals surface area contributed by atoms with Gasteiger partial charge in [-0.15, -0.1) is 0 Å². The van der Waals surface area contributed by atoms with Crippen LogP contribution in [0.1, 0.15) is 25.0 Å². The van der Waals surface area contributed by atoms with Gasteiger partial charge in [0.05, 0.1) is 5.75 Å². The zero-order chi connectivity index (χ0) is 16.6. The number of hydrogen-bond acceptors (Lipinski definition) is 4. The van der Waals surface area contributed by atoms with E-state index < -0.39 is 0 Å². The lowest BCUT2D eigenvalue weighted by Crippen LogP contribution is -2.48. The van der Waals surface area contributed by atoms with Gasteiger partial charge >= 0.3 is 0 Å². The molecule has 1 aromatic heterocycles. The maximum Gasteiger partial charge on any atom is 0.274 e. The average Bonchev–Trinajstić information content (AvgIpc) is 2.50. The Bertz CT molecular complexity index is 700. The van der Waals surface area contributed by atoms with Gasteiger partial charge in [-0.3, -0.25) is 14.4 Å². The number of carbonyl (C=O) groups excluding carboxylic acids is 2. The van der Waals surface area contributed by atoms with E-state index in [1.165, 1.54) is 11.8 Å². The van der Waals surface area contributed by atoms with Crippen LogP contribution in [0.25, 0.3) is 0 Å². The van der Waals surface area contributed by atoms with E-state index in [1.54, 1.807) is 17.6 Å². The molecular weight excluding hydrogens is 314 g/mol. The van der Waals surface area contributed by atoms with Gasteiger partial charge < -0.3 is 14.8 Å². The fourth-order valence-corrected chi connectivity index (χ4v) is 3.95. The Morgan fingerprint density at radius 3 is 2.78 bits per heavy atom. The van der Waals surface area contributed by atoms with Crippen molar-refractivity contribution < 1.29 is 9.59 Å². The molecule has 2 aliphatic heterocycles. The predicted octanol–water partition coefficient (Wildman–Crippen LogP) is 1.12. The minimum absolute atomic E-state index is 0.0939. The molecule has 7 heteroatoms. The van der Waals surface area contributed by atoms with Gasteiger partial charge in [-0.1, -0.05) is 0 Å². The number of anilines is 1. The van der Waals surface area contributed by atoms with Gasteiger partial charge in [-0.2, -0.15) is 11.8 Å². The van der Waals surface area contributed by atoms with Crippen LogP contribution in [0, 0.1) is 5.92 Å². The molecule has 3 heterocycles. The molecule has 2 unspecified atom stereocenters. The molecule has 0 spiro atoms. The standard InChI is InChI=1S/C16H21N3O3S/c1-10(20)18-6-11-5-12(8-18)14-4-3-13(16(22)19(14)7-11)17-15(21)9-23-2/h3-4,11-12H,5-9H2,1-2H3,(H,17,21). The van der Waals surface area contributed by atoms with Gasteiger partial charge in [0.15, 0.2) is 0 Å². The predicted molar refractivity (Wildman–Crippen MR) is 90.8 cm³/mol. The van der Waals surface area contributed by atoms with Crippen molar-refractivity contribution >= 4 is 29.3 Å². The summed E-state index contributed by atoms with van der Waals surface area (Å²) in [6, 6.07) is 3.61. The van der Waals surface area contributed by atoms with Gasteiger partial charge in [-0.25, -0.2) is 0 Å². The first-order chi connectivity index (χ1) is 11.0. The number of aromatic nitrogens is 1. The lowest BCUT2D eigenvalue weighted by molar-refractivity contribution is -0.131. The summed E-state index contributed by atoms with van der Waals surface area (Å²) < 4.78 is 1.78. The fraction of sp³-hybridized carbons (Fsp3) is 0.562. The number of fused-ring (bicyclic) bond motifs is 4. The van der Waals surface area contributed by atoms with E-state index in [0.717, 1.165) is 12.1 Å². The average molecular weight is 335 g/mol. The quantitative estimate of drug-likeness (QED) is 0.898. The molecule has 2 aliphatic rings. The van der Waals surface area contributed by atoms with Gasteiger partial charge in [0, 0.05) is 38.2 Å². The van der Waals surface area contributed by atoms with Gasteiger partial charge in [-0.05, 0) is 30.7 Å². The summed E-state index contributed by atoms with van der Waals surface area (Å²) in [4.78, 5) is 37.9. The zero-order valence-corrected chi connectivity index (χ0v) is 14.2. The number of likely N-dealkylation sites (tertiary alicyclic amines) is 1. The number of piperidine rings is 1. The van der Waals surface area contributed by atoms with Crippen LogP contribution >= 0.6 is 11.8 Å². The third-order valence-corrected chi connectivity index (χ3v) is 5.15. The van der Waals surface area contributed by atoms with Gasteiger partial charge in [0.25, 0.3) is 5.56 Å². The number of pyridine rings is 1. The Kier molecular flexibility index (Phi) is 4.48. The van der Waals surface area contributed by atoms with Crippen molar-refractivity contribution in [2.45, 2.75) is 25.8 Å². The molecular formula is C16H21N3O3S. The first-order valence-electron chi connectivity index (χ1n) is 7.77. The monoisotopic (exact) mass is 335 g/mol. The van der Waals surface area contributed by atoms with Crippen LogP contribution < -0.4 is 10.9 Å². The molecule has 2 amide bonds. The Hall–Kier alpha value is -1.76. The molecule has 23 heavy (non-hydrogen) atoms. The summed E-state index contributed by atoms with van der Waals surface area (Å²) in [6.45, 7) is 3.59. The van der Waals surface area contributed by atoms with E-state index in [1.807, 2.05) is 17.2 Å². The van der Waals surface area contributed by atoms with Crippen molar-refractivity contribution in [1.82, 2.24) is 9.47 Å².